The van der Waals surface area contributed by atoms with E-state index in [9.17, 15) is 18.0 Å². The molecule has 4 nitrogen and oxygen atoms in total. The maximum atomic E-state index is 12.6. The highest BCUT2D eigenvalue weighted by molar-refractivity contribution is 6.03. The number of aromatic nitrogens is 2. The lowest BCUT2D eigenvalue weighted by Crippen LogP contribution is -2.57. The molecule has 0 spiro atoms. The molecule has 1 unspecified atom stereocenters. The van der Waals surface area contributed by atoms with Crippen LogP contribution in [0.1, 0.15) is 30.6 Å². The summed E-state index contributed by atoms with van der Waals surface area (Å²) >= 11 is 0. The van der Waals surface area contributed by atoms with Crippen LogP contribution in [0.15, 0.2) is 12.4 Å². The second kappa shape index (κ2) is 4.48. The molecule has 0 radical (unpaired) electrons. The average Bonchev–Trinajstić information content (AvgIpc) is 2.64. The first-order valence-electron chi connectivity index (χ1n) is 5.13. The highest BCUT2D eigenvalue weighted by Gasteiger charge is 2.54. The molecule has 1 rings (SSSR count). The fourth-order valence-corrected chi connectivity index (χ4v) is 1.26. The van der Waals surface area contributed by atoms with Gasteiger partial charge < -0.3 is 5.73 Å². The molecule has 1 atom stereocenters. The first kappa shape index (κ1) is 13.7. The minimum atomic E-state index is -4.78. The lowest BCUT2D eigenvalue weighted by molar-refractivity contribution is -0.165. The molecule has 1 heterocycles. The quantitative estimate of drug-likeness (QED) is 0.827. The zero-order chi connectivity index (χ0) is 13.3. The van der Waals surface area contributed by atoms with Crippen LogP contribution in [0.25, 0.3) is 0 Å². The van der Waals surface area contributed by atoms with Crippen molar-refractivity contribution >= 4 is 5.78 Å². The Morgan fingerprint density at radius 2 is 2.12 bits per heavy atom. The molecule has 0 bridgehead atoms. The lowest BCUT2D eigenvalue weighted by atomic mass is 9.93. The van der Waals surface area contributed by atoms with Gasteiger partial charge in [0.05, 0.1) is 11.8 Å². The minimum absolute atomic E-state index is 0.124. The second-order valence-electron chi connectivity index (χ2n) is 4.02. The topological polar surface area (TPSA) is 60.9 Å². The number of carbonyl (C=O) groups is 1. The van der Waals surface area contributed by atoms with Crippen LogP contribution in [0.3, 0.4) is 0 Å². The summed E-state index contributed by atoms with van der Waals surface area (Å²) in [5, 5.41) is 3.80. The fraction of sp³-hybridized carbons (Fsp3) is 0.600. The summed E-state index contributed by atoms with van der Waals surface area (Å²) in [6, 6.07) is 0. The van der Waals surface area contributed by atoms with Crippen LogP contribution in [-0.4, -0.2) is 27.3 Å². The van der Waals surface area contributed by atoms with Crippen molar-refractivity contribution < 1.29 is 18.0 Å². The summed E-state index contributed by atoms with van der Waals surface area (Å²) in [5.74, 6) is -1.17. The molecule has 0 aromatic carbocycles. The summed E-state index contributed by atoms with van der Waals surface area (Å²) in [5.41, 5.74) is 2.03. The summed E-state index contributed by atoms with van der Waals surface area (Å²) in [6.07, 6.45) is -1.62. The Morgan fingerprint density at radius 1 is 1.53 bits per heavy atom. The summed E-state index contributed by atoms with van der Waals surface area (Å²) in [6.45, 7) is 3.10. The van der Waals surface area contributed by atoms with Crippen molar-refractivity contribution in [2.24, 2.45) is 5.73 Å². The number of alkyl halides is 3. The van der Waals surface area contributed by atoms with Crippen LogP contribution in [0, 0.1) is 0 Å². The number of rotatable bonds is 4. The Balaban J connectivity index is 2.96. The Labute approximate surface area is 96.6 Å². The SMILES string of the molecule is CCCn1cc(C(=O)C(C)(N)C(F)(F)F)cn1. The third kappa shape index (κ3) is 2.66. The van der Waals surface area contributed by atoms with Gasteiger partial charge in [-0.05, 0) is 13.3 Å². The van der Waals surface area contributed by atoms with Crippen LogP contribution < -0.4 is 5.73 Å². The van der Waals surface area contributed by atoms with E-state index in [4.69, 9.17) is 5.73 Å². The number of aryl methyl sites for hydroxylation is 1. The van der Waals surface area contributed by atoms with Gasteiger partial charge in [0, 0.05) is 12.7 Å². The number of Topliss-reactive ketones (excluding diaryl/α,β-unsaturated/α-hetero) is 1. The molecule has 7 heteroatoms. The van der Waals surface area contributed by atoms with Gasteiger partial charge in [0.25, 0.3) is 0 Å². The number of ketones is 1. The van der Waals surface area contributed by atoms with E-state index in [0.29, 0.717) is 13.5 Å². The van der Waals surface area contributed by atoms with Gasteiger partial charge in [-0.25, -0.2) is 0 Å². The molecule has 0 aliphatic rings. The molecular formula is C10H14F3N3O. The van der Waals surface area contributed by atoms with Crippen LogP contribution in [0.2, 0.25) is 0 Å². The van der Waals surface area contributed by atoms with E-state index >= 15 is 0 Å². The largest absolute Gasteiger partial charge is 0.413 e. The molecule has 0 fully saturated rings. The van der Waals surface area contributed by atoms with Crippen molar-refractivity contribution in [3.8, 4) is 0 Å². The summed E-state index contributed by atoms with van der Waals surface area (Å²) in [7, 11) is 0. The first-order valence-corrected chi connectivity index (χ1v) is 5.13. The smallest absolute Gasteiger partial charge is 0.311 e. The van der Waals surface area contributed by atoms with Gasteiger partial charge in [-0.3, -0.25) is 9.48 Å². The number of hydrogen-bond acceptors (Lipinski definition) is 3. The zero-order valence-electron chi connectivity index (χ0n) is 9.58. The minimum Gasteiger partial charge on any atom is -0.311 e. The maximum absolute atomic E-state index is 12.6. The van der Waals surface area contributed by atoms with Crippen LogP contribution in [0.4, 0.5) is 13.2 Å². The fourth-order valence-electron chi connectivity index (χ4n) is 1.26. The highest BCUT2D eigenvalue weighted by Crippen LogP contribution is 2.30. The molecule has 0 aliphatic heterocycles. The van der Waals surface area contributed by atoms with E-state index in [1.165, 1.54) is 10.9 Å². The standard InChI is InChI=1S/C10H14F3N3O/c1-3-4-16-6-7(5-15-16)8(17)9(2,14)10(11,12)13/h5-6H,3-4,14H2,1-2H3. The van der Waals surface area contributed by atoms with Crippen molar-refractivity contribution in [3.05, 3.63) is 18.0 Å². The molecule has 96 valence electrons. The van der Waals surface area contributed by atoms with Crippen LogP contribution in [-0.2, 0) is 6.54 Å². The van der Waals surface area contributed by atoms with Crippen molar-refractivity contribution in [1.82, 2.24) is 9.78 Å². The normalized spacial score (nSPS) is 15.6. The molecule has 0 aliphatic carbocycles. The van der Waals surface area contributed by atoms with Crippen LogP contribution in [0.5, 0.6) is 0 Å². The van der Waals surface area contributed by atoms with Gasteiger partial charge in [0.2, 0.25) is 0 Å². The van der Waals surface area contributed by atoms with Crippen molar-refractivity contribution in [3.63, 3.8) is 0 Å². The number of halogens is 3. The number of hydrogen-bond donors (Lipinski definition) is 1. The van der Waals surface area contributed by atoms with E-state index in [0.717, 1.165) is 12.6 Å². The van der Waals surface area contributed by atoms with E-state index in [2.05, 4.69) is 5.10 Å². The highest BCUT2D eigenvalue weighted by atomic mass is 19.4. The molecule has 0 amide bonds. The predicted octanol–water partition coefficient (Wildman–Crippen LogP) is 1.76. The maximum Gasteiger partial charge on any atom is 0.413 e. The number of nitrogens with zero attached hydrogens (tertiary/aromatic N) is 2. The summed E-state index contributed by atoms with van der Waals surface area (Å²) in [4.78, 5) is 11.6. The third-order valence-electron chi connectivity index (χ3n) is 2.41. The molecule has 2 N–H and O–H groups in total. The first-order chi connectivity index (χ1) is 7.70. The molecule has 17 heavy (non-hydrogen) atoms. The molecule has 0 saturated heterocycles. The number of carbonyl (C=O) groups excluding carboxylic acids is 1. The average molecular weight is 249 g/mol. The molecule has 1 aromatic heterocycles. The third-order valence-corrected chi connectivity index (χ3v) is 2.41. The monoisotopic (exact) mass is 249 g/mol. The molecular weight excluding hydrogens is 235 g/mol. The van der Waals surface area contributed by atoms with Gasteiger partial charge in [-0.2, -0.15) is 18.3 Å². The van der Waals surface area contributed by atoms with E-state index in [-0.39, 0.29) is 5.56 Å². The zero-order valence-corrected chi connectivity index (χ0v) is 9.58. The van der Waals surface area contributed by atoms with E-state index < -0.39 is 17.5 Å². The molecule has 0 saturated carbocycles. The summed E-state index contributed by atoms with van der Waals surface area (Å²) < 4.78 is 39.1. The Morgan fingerprint density at radius 3 is 2.59 bits per heavy atom. The van der Waals surface area contributed by atoms with Crippen molar-refractivity contribution in [1.29, 1.82) is 0 Å². The van der Waals surface area contributed by atoms with E-state index in [1.807, 2.05) is 6.92 Å². The Hall–Kier alpha value is -1.37. The number of nitrogens with two attached hydrogens (primary N) is 1. The van der Waals surface area contributed by atoms with Gasteiger partial charge in [0.1, 0.15) is 0 Å². The lowest BCUT2D eigenvalue weighted by Gasteiger charge is -2.25. The van der Waals surface area contributed by atoms with Crippen LogP contribution >= 0.6 is 0 Å². The van der Waals surface area contributed by atoms with Crippen molar-refractivity contribution in [2.75, 3.05) is 0 Å². The van der Waals surface area contributed by atoms with Crippen molar-refractivity contribution in [2.45, 2.75) is 38.5 Å². The van der Waals surface area contributed by atoms with E-state index in [1.54, 1.807) is 0 Å². The Bertz CT molecular complexity index is 409. The van der Waals surface area contributed by atoms with Gasteiger partial charge in [-0.15, -0.1) is 0 Å². The second-order valence-corrected chi connectivity index (χ2v) is 4.02. The van der Waals surface area contributed by atoms with Gasteiger partial charge in [0.15, 0.2) is 11.3 Å². The molecule has 1 aromatic rings. The van der Waals surface area contributed by atoms with Gasteiger partial charge >= 0.3 is 6.18 Å². The Kier molecular flexibility index (Phi) is 3.61. The van der Waals surface area contributed by atoms with Gasteiger partial charge in [-0.1, -0.05) is 6.92 Å². The predicted molar refractivity (Wildman–Crippen MR) is 55.5 cm³/mol.